The molecule has 4 aliphatic carbocycles. The Labute approximate surface area is 458 Å². The minimum Gasteiger partial charge on any atom is -0.379 e. The van der Waals surface area contributed by atoms with Gasteiger partial charge in [-0.25, -0.2) is 0 Å². The van der Waals surface area contributed by atoms with Gasteiger partial charge in [0.05, 0.1) is 128 Å². The second kappa shape index (κ2) is 43.1. The first-order valence-corrected chi connectivity index (χ1v) is 30.1. The number of allylic oxidation sites excluding steroid dienone is 8. The summed E-state index contributed by atoms with van der Waals surface area (Å²) in [6.45, 7) is 18.5. The van der Waals surface area contributed by atoms with Crippen molar-refractivity contribution in [3.05, 3.63) is 48.6 Å². The average molecular weight is 1080 g/mol. The quantitative estimate of drug-likeness (QED) is 0.0540. The highest BCUT2D eigenvalue weighted by molar-refractivity contribution is 4.94. The number of fused-ring (bicyclic) bond motifs is 4. The molecule has 4 fully saturated rings. The van der Waals surface area contributed by atoms with Gasteiger partial charge in [-0.2, -0.15) is 0 Å². The number of hydrogen-bond donors (Lipinski definition) is 0. The first-order valence-electron chi connectivity index (χ1n) is 30.1. The van der Waals surface area contributed by atoms with Gasteiger partial charge in [-0.15, -0.1) is 0 Å². The molecule has 4 saturated heterocycles. The van der Waals surface area contributed by atoms with Crippen LogP contribution in [0.25, 0.3) is 0 Å². The van der Waals surface area contributed by atoms with Gasteiger partial charge < -0.3 is 75.8 Å². The maximum Gasteiger partial charge on any atom is 0.181 e. The number of rotatable bonds is 28. The van der Waals surface area contributed by atoms with Gasteiger partial charge in [0.1, 0.15) is 0 Å². The number of ether oxygens (including phenoxy) is 16. The van der Waals surface area contributed by atoms with E-state index in [0.29, 0.717) is 79.3 Å². The Bertz CT molecular complexity index is 1320. The molecule has 0 amide bonds. The summed E-state index contributed by atoms with van der Waals surface area (Å²) in [7, 11) is 0. The molecule has 0 saturated carbocycles. The van der Waals surface area contributed by atoms with E-state index in [0.717, 1.165) is 155 Å². The molecule has 0 radical (unpaired) electrons. The normalized spacial score (nSPS) is 32.6. The third-order valence-electron chi connectivity index (χ3n) is 13.8. The van der Waals surface area contributed by atoms with E-state index in [4.69, 9.17) is 75.8 Å². The summed E-state index contributed by atoms with van der Waals surface area (Å²) in [6.07, 6.45) is 40.6. The molecule has 16 heteroatoms. The van der Waals surface area contributed by atoms with Crippen molar-refractivity contribution >= 4 is 0 Å². The zero-order valence-electron chi connectivity index (χ0n) is 47.5. The summed E-state index contributed by atoms with van der Waals surface area (Å²) in [6, 6.07) is 0. The van der Waals surface area contributed by atoms with E-state index in [-0.39, 0.29) is 74.0 Å². The Morgan fingerprint density at radius 3 is 0.592 bits per heavy atom. The zero-order valence-corrected chi connectivity index (χ0v) is 47.5. The first-order chi connectivity index (χ1) is 37.6. The van der Waals surface area contributed by atoms with E-state index < -0.39 is 0 Å². The van der Waals surface area contributed by atoms with Crippen LogP contribution in [-0.4, -0.2) is 180 Å². The van der Waals surface area contributed by atoms with Crippen molar-refractivity contribution in [2.45, 2.75) is 230 Å². The molecule has 0 aromatic carbocycles. The van der Waals surface area contributed by atoms with Crippen LogP contribution >= 0.6 is 0 Å². The van der Waals surface area contributed by atoms with Crippen molar-refractivity contribution < 1.29 is 75.8 Å². The van der Waals surface area contributed by atoms with Gasteiger partial charge >= 0.3 is 0 Å². The molecule has 76 heavy (non-hydrogen) atoms. The van der Waals surface area contributed by atoms with Crippen LogP contribution in [0.1, 0.15) is 156 Å². The van der Waals surface area contributed by atoms with Gasteiger partial charge in [0, 0.05) is 26.4 Å². The Hall–Kier alpha value is -1.68. The molecule has 4 aliphatic heterocycles. The fourth-order valence-electron chi connectivity index (χ4n) is 9.94. The number of hydrogen-bond acceptors (Lipinski definition) is 16. The zero-order chi connectivity index (χ0) is 53.4. The monoisotopic (exact) mass is 1080 g/mol. The molecule has 0 N–H and O–H groups in total. The van der Waals surface area contributed by atoms with Gasteiger partial charge in [-0.1, -0.05) is 76.3 Å². The lowest BCUT2D eigenvalue weighted by molar-refractivity contribution is -0.117. The Morgan fingerprint density at radius 1 is 0.237 bits per heavy atom. The first kappa shape index (κ1) is 65.1. The maximum atomic E-state index is 5.93. The average Bonchev–Trinajstić information content (AvgIpc) is 4.18. The molecular weight excluding hydrogens is 977 g/mol. The molecule has 8 aliphatic rings. The van der Waals surface area contributed by atoms with E-state index in [1.54, 1.807) is 0 Å². The van der Waals surface area contributed by atoms with Crippen LogP contribution in [0.2, 0.25) is 0 Å². The SMILES string of the molecule is CCCOCC1OC2CC/C=C/CC[C@@H]2O1.CCCOCC1OC2CC/C=C/CC[C@@H]2O1.CCCOCCOCCOCC1OC2CC/C=C/CC[C@@H]2O1.CCCOCCOCCOCC1OC2CC/C=C/CC[C@@H]2O1. The van der Waals surface area contributed by atoms with E-state index in [9.17, 15) is 0 Å². The lowest BCUT2D eigenvalue weighted by Crippen LogP contribution is -2.22. The standard InChI is InChI=1S/2C17H30O5.2C13H22O3/c2*1-2-9-18-10-11-19-12-13-20-14-17-21-15-7-5-3-4-6-8-16(15)22-17;2*1-2-9-14-10-13-15-11-7-5-3-4-6-8-12(11)16-13/h2*3-4,15-17H,2,5-14H2,1H3;2*3-4,11-13H,2,5-10H2,1H3/b4*4-3+/t2*15-,16?,17?;2*11-,12?,13?/m0000/s1. The van der Waals surface area contributed by atoms with Crippen LogP contribution in [0.5, 0.6) is 0 Å². The summed E-state index contributed by atoms with van der Waals surface area (Å²) < 4.78 is 90.8. The smallest absolute Gasteiger partial charge is 0.181 e. The van der Waals surface area contributed by atoms with Gasteiger partial charge in [-0.3, -0.25) is 0 Å². The Kier molecular flexibility index (Phi) is 36.9. The maximum absolute atomic E-state index is 5.93. The molecule has 16 nitrogen and oxygen atoms in total. The third-order valence-corrected chi connectivity index (χ3v) is 13.8. The summed E-state index contributed by atoms with van der Waals surface area (Å²) in [5, 5.41) is 0. The predicted octanol–water partition coefficient (Wildman–Crippen LogP) is 10.7. The molecule has 0 bridgehead atoms. The van der Waals surface area contributed by atoms with Crippen molar-refractivity contribution in [2.75, 3.05) is 106 Å². The van der Waals surface area contributed by atoms with E-state index in [1.807, 2.05) is 0 Å². The van der Waals surface area contributed by atoms with Crippen molar-refractivity contribution in [1.29, 1.82) is 0 Å². The van der Waals surface area contributed by atoms with Gasteiger partial charge in [0.2, 0.25) is 0 Å². The molecule has 12 atom stereocenters. The minimum atomic E-state index is -0.221. The van der Waals surface area contributed by atoms with Crippen LogP contribution in [0.4, 0.5) is 0 Å². The summed E-state index contributed by atoms with van der Waals surface area (Å²) >= 11 is 0. The van der Waals surface area contributed by atoms with Crippen LogP contribution < -0.4 is 0 Å². The highest BCUT2D eigenvalue weighted by Crippen LogP contribution is 2.31. The minimum absolute atomic E-state index is 0.139. The van der Waals surface area contributed by atoms with Crippen LogP contribution in [0.15, 0.2) is 48.6 Å². The fraction of sp³-hybridized carbons (Fsp3) is 0.867. The van der Waals surface area contributed by atoms with Crippen LogP contribution in [0.3, 0.4) is 0 Å². The van der Waals surface area contributed by atoms with E-state index in [2.05, 4.69) is 76.3 Å². The van der Waals surface area contributed by atoms with Gasteiger partial charge in [0.15, 0.2) is 25.2 Å². The molecule has 8 rings (SSSR count). The summed E-state index contributed by atoms with van der Waals surface area (Å²) in [5.74, 6) is 0. The molecule has 8 unspecified atom stereocenters. The second-order valence-corrected chi connectivity index (χ2v) is 20.4. The fourth-order valence-corrected chi connectivity index (χ4v) is 9.94. The Morgan fingerprint density at radius 2 is 0.395 bits per heavy atom. The van der Waals surface area contributed by atoms with Crippen molar-refractivity contribution in [3.63, 3.8) is 0 Å². The van der Waals surface area contributed by atoms with Crippen molar-refractivity contribution in [1.82, 2.24) is 0 Å². The van der Waals surface area contributed by atoms with Crippen molar-refractivity contribution in [3.8, 4) is 0 Å². The third kappa shape index (κ3) is 28.1. The van der Waals surface area contributed by atoms with Crippen LogP contribution in [0, 0.1) is 0 Å². The lowest BCUT2D eigenvalue weighted by Gasteiger charge is -2.16. The van der Waals surface area contributed by atoms with E-state index in [1.165, 1.54) is 0 Å². The topological polar surface area (TPSA) is 148 Å². The Balaban J connectivity index is 0.000000189. The lowest BCUT2D eigenvalue weighted by atomic mass is 10.0. The molecular formula is C60H104O16. The molecule has 0 aromatic rings. The van der Waals surface area contributed by atoms with Crippen LogP contribution in [-0.2, 0) is 75.8 Å². The molecule has 0 spiro atoms. The largest absolute Gasteiger partial charge is 0.379 e. The van der Waals surface area contributed by atoms with E-state index >= 15 is 0 Å². The predicted molar refractivity (Wildman–Crippen MR) is 292 cm³/mol. The summed E-state index contributed by atoms with van der Waals surface area (Å²) in [5.41, 5.74) is 0. The second-order valence-electron chi connectivity index (χ2n) is 20.4. The van der Waals surface area contributed by atoms with Gasteiger partial charge in [0.25, 0.3) is 0 Å². The highest BCUT2D eigenvalue weighted by Gasteiger charge is 2.38. The molecule has 440 valence electrons. The molecule has 0 aromatic heterocycles. The van der Waals surface area contributed by atoms with Gasteiger partial charge in [-0.05, 0) is 128 Å². The molecule has 4 heterocycles. The van der Waals surface area contributed by atoms with Crippen molar-refractivity contribution in [2.24, 2.45) is 0 Å². The summed E-state index contributed by atoms with van der Waals surface area (Å²) in [4.78, 5) is 0. The highest BCUT2D eigenvalue weighted by atomic mass is 16.8.